The Hall–Kier alpha value is -1.30. The molecule has 1 saturated carbocycles. The molecule has 112 valence electrons. The van der Waals surface area contributed by atoms with E-state index in [1.54, 1.807) is 0 Å². The molecule has 2 rings (SSSR count). The van der Waals surface area contributed by atoms with Gasteiger partial charge in [0.25, 0.3) is 5.91 Å². The van der Waals surface area contributed by atoms with Crippen molar-refractivity contribution in [3.63, 3.8) is 0 Å². The van der Waals surface area contributed by atoms with Gasteiger partial charge in [-0.2, -0.15) is 0 Å². The third-order valence-electron chi connectivity index (χ3n) is 4.23. The summed E-state index contributed by atoms with van der Waals surface area (Å²) < 4.78 is 0. The number of rotatable bonds is 6. The van der Waals surface area contributed by atoms with E-state index in [2.05, 4.69) is 22.5 Å². The monoisotopic (exact) mass is 296 g/mol. The smallest absolute Gasteiger partial charge is 0.265 e. The molecular weight excluding hydrogens is 272 g/mol. The van der Waals surface area contributed by atoms with Crippen molar-refractivity contribution in [2.24, 2.45) is 5.41 Å². The Morgan fingerprint density at radius 1 is 1.40 bits per heavy atom. The van der Waals surface area contributed by atoms with E-state index in [0.29, 0.717) is 21.2 Å². The lowest BCUT2D eigenvalue weighted by Crippen LogP contribution is -2.35. The molecule has 5 nitrogen and oxygen atoms in total. The van der Waals surface area contributed by atoms with Crippen LogP contribution in [0.25, 0.3) is 0 Å². The minimum absolute atomic E-state index is 0.0936. The van der Waals surface area contributed by atoms with Crippen molar-refractivity contribution in [3.05, 3.63) is 4.88 Å². The molecule has 20 heavy (non-hydrogen) atoms. The number of thiazole rings is 1. The molecule has 0 atom stereocenters. The lowest BCUT2D eigenvalue weighted by molar-refractivity contribution is 0.0933. The van der Waals surface area contributed by atoms with Crippen LogP contribution in [0.2, 0.25) is 0 Å². The molecule has 6 heteroatoms. The molecule has 0 saturated heterocycles. The molecule has 0 radical (unpaired) electrons. The highest BCUT2D eigenvalue weighted by Gasteiger charge is 2.32. The van der Waals surface area contributed by atoms with Crippen molar-refractivity contribution in [1.82, 2.24) is 10.3 Å². The number of aromatic nitrogens is 1. The molecule has 0 spiro atoms. The molecule has 1 aliphatic carbocycles. The Kier molecular flexibility index (Phi) is 4.86. The Morgan fingerprint density at radius 3 is 2.70 bits per heavy atom. The van der Waals surface area contributed by atoms with Crippen molar-refractivity contribution >= 4 is 28.2 Å². The molecule has 1 fully saturated rings. The van der Waals surface area contributed by atoms with Gasteiger partial charge in [-0.15, -0.1) is 0 Å². The van der Waals surface area contributed by atoms with Gasteiger partial charge in [0.1, 0.15) is 10.7 Å². The quantitative estimate of drug-likeness (QED) is 0.754. The van der Waals surface area contributed by atoms with Crippen molar-refractivity contribution in [1.29, 1.82) is 0 Å². The molecule has 0 aromatic carbocycles. The Balaban J connectivity index is 1.97. The van der Waals surface area contributed by atoms with E-state index >= 15 is 0 Å². The van der Waals surface area contributed by atoms with Crippen LogP contribution in [0.4, 0.5) is 10.9 Å². The molecule has 0 bridgehead atoms. The first-order chi connectivity index (χ1) is 9.60. The first-order valence-corrected chi connectivity index (χ1v) is 8.20. The second kappa shape index (κ2) is 6.43. The predicted molar refractivity (Wildman–Crippen MR) is 84.2 cm³/mol. The zero-order valence-electron chi connectivity index (χ0n) is 12.3. The number of carbonyl (C=O) groups excluding carboxylic acids is 1. The fourth-order valence-electron chi connectivity index (χ4n) is 2.85. The van der Waals surface area contributed by atoms with Crippen LogP contribution >= 0.6 is 11.3 Å². The van der Waals surface area contributed by atoms with E-state index in [1.807, 2.05) is 6.92 Å². The average molecular weight is 296 g/mol. The van der Waals surface area contributed by atoms with Crippen LogP contribution < -0.4 is 16.4 Å². The highest BCUT2D eigenvalue weighted by Crippen LogP contribution is 2.40. The summed E-state index contributed by atoms with van der Waals surface area (Å²) in [4.78, 5) is 16.9. The van der Waals surface area contributed by atoms with Gasteiger partial charge in [-0.25, -0.2) is 4.98 Å². The summed E-state index contributed by atoms with van der Waals surface area (Å²) in [5, 5.41) is 6.85. The standard InChI is InChI=1S/C14H24N4OS/c1-3-14(7-5-6-8-14)9-17-12(19)10-11(15)18-13(20-10)16-4-2/h3-9,15H2,1-2H3,(H,16,18)(H,17,19). The summed E-state index contributed by atoms with van der Waals surface area (Å²) in [6.07, 6.45) is 6.09. The minimum Gasteiger partial charge on any atom is -0.382 e. The largest absolute Gasteiger partial charge is 0.382 e. The lowest BCUT2D eigenvalue weighted by atomic mass is 9.83. The van der Waals surface area contributed by atoms with Gasteiger partial charge in [0, 0.05) is 13.1 Å². The molecule has 1 aliphatic rings. The first kappa shape index (κ1) is 15.1. The minimum atomic E-state index is -0.0936. The van der Waals surface area contributed by atoms with Gasteiger partial charge < -0.3 is 16.4 Å². The summed E-state index contributed by atoms with van der Waals surface area (Å²) >= 11 is 1.32. The highest BCUT2D eigenvalue weighted by atomic mass is 32.1. The number of hydrogen-bond donors (Lipinski definition) is 3. The second-order valence-corrected chi connectivity index (χ2v) is 6.51. The number of hydrogen-bond acceptors (Lipinski definition) is 5. The van der Waals surface area contributed by atoms with Crippen LogP contribution in [0.1, 0.15) is 55.6 Å². The zero-order chi connectivity index (χ0) is 14.6. The molecule has 1 amide bonds. The second-order valence-electron chi connectivity index (χ2n) is 5.51. The number of nitrogens with one attached hydrogen (secondary N) is 2. The van der Waals surface area contributed by atoms with Gasteiger partial charge in [0.15, 0.2) is 5.13 Å². The van der Waals surface area contributed by atoms with E-state index in [4.69, 9.17) is 5.73 Å². The number of amides is 1. The zero-order valence-corrected chi connectivity index (χ0v) is 13.1. The Bertz CT molecular complexity index is 466. The van der Waals surface area contributed by atoms with Crippen LogP contribution in [0.15, 0.2) is 0 Å². The Morgan fingerprint density at radius 2 is 2.10 bits per heavy atom. The van der Waals surface area contributed by atoms with Gasteiger partial charge in [-0.3, -0.25) is 4.79 Å². The molecule has 1 aromatic rings. The molecule has 1 heterocycles. The molecule has 0 aliphatic heterocycles. The molecular formula is C14H24N4OS. The molecule has 4 N–H and O–H groups in total. The predicted octanol–water partition coefficient (Wildman–Crippen LogP) is 2.86. The average Bonchev–Trinajstić information content (AvgIpc) is 3.04. The normalized spacial score (nSPS) is 17.1. The number of nitrogen functional groups attached to an aromatic ring is 1. The van der Waals surface area contributed by atoms with Crippen LogP contribution in [0, 0.1) is 5.41 Å². The Labute approximate surface area is 124 Å². The summed E-state index contributed by atoms with van der Waals surface area (Å²) in [5.74, 6) is 0.226. The van der Waals surface area contributed by atoms with Crippen molar-refractivity contribution in [2.45, 2.75) is 46.0 Å². The topological polar surface area (TPSA) is 80.0 Å². The third kappa shape index (κ3) is 3.23. The number of carbonyl (C=O) groups is 1. The van der Waals surface area contributed by atoms with Crippen LogP contribution in [0.3, 0.4) is 0 Å². The molecule has 0 unspecified atom stereocenters. The maximum Gasteiger partial charge on any atom is 0.265 e. The van der Waals surface area contributed by atoms with Crippen molar-refractivity contribution < 1.29 is 4.79 Å². The van der Waals surface area contributed by atoms with Crippen molar-refractivity contribution in [3.8, 4) is 0 Å². The van der Waals surface area contributed by atoms with Crippen LogP contribution in [-0.2, 0) is 0 Å². The molecule has 1 aromatic heterocycles. The van der Waals surface area contributed by atoms with E-state index in [9.17, 15) is 4.79 Å². The SMILES string of the molecule is CCNc1nc(N)c(C(=O)NCC2(CC)CCCC2)s1. The summed E-state index contributed by atoms with van der Waals surface area (Å²) in [6.45, 7) is 5.72. The van der Waals surface area contributed by atoms with Crippen LogP contribution in [-0.4, -0.2) is 24.0 Å². The maximum absolute atomic E-state index is 12.2. The number of nitrogens with zero attached hydrogens (tertiary/aromatic N) is 1. The van der Waals surface area contributed by atoms with Crippen LogP contribution in [0.5, 0.6) is 0 Å². The highest BCUT2D eigenvalue weighted by molar-refractivity contribution is 7.18. The lowest BCUT2D eigenvalue weighted by Gasteiger charge is -2.27. The van der Waals surface area contributed by atoms with E-state index < -0.39 is 0 Å². The summed E-state index contributed by atoms with van der Waals surface area (Å²) in [7, 11) is 0. The summed E-state index contributed by atoms with van der Waals surface area (Å²) in [6, 6.07) is 0. The third-order valence-corrected chi connectivity index (χ3v) is 5.25. The number of nitrogens with two attached hydrogens (primary N) is 1. The van der Waals surface area contributed by atoms with Gasteiger partial charge in [-0.1, -0.05) is 31.1 Å². The van der Waals surface area contributed by atoms with Crippen molar-refractivity contribution in [2.75, 3.05) is 24.1 Å². The van der Waals surface area contributed by atoms with Gasteiger partial charge in [0.2, 0.25) is 0 Å². The van der Waals surface area contributed by atoms with Gasteiger partial charge in [0.05, 0.1) is 0 Å². The fourth-order valence-corrected chi connectivity index (χ4v) is 3.72. The van der Waals surface area contributed by atoms with Gasteiger partial charge >= 0.3 is 0 Å². The van der Waals surface area contributed by atoms with Gasteiger partial charge in [-0.05, 0) is 31.6 Å². The maximum atomic E-state index is 12.2. The fraction of sp³-hybridized carbons (Fsp3) is 0.714. The first-order valence-electron chi connectivity index (χ1n) is 7.38. The van der Waals surface area contributed by atoms with E-state index in [-0.39, 0.29) is 5.91 Å². The van der Waals surface area contributed by atoms with E-state index in [1.165, 1.54) is 37.0 Å². The number of anilines is 2. The summed E-state index contributed by atoms with van der Waals surface area (Å²) in [5.41, 5.74) is 6.11. The van der Waals surface area contributed by atoms with E-state index in [0.717, 1.165) is 19.5 Å².